The Morgan fingerprint density at radius 2 is 2.10 bits per heavy atom. The smallest absolute Gasteiger partial charge is 0.327 e. The molecule has 108 valence electrons. The third-order valence-corrected chi connectivity index (χ3v) is 4.24. The van der Waals surface area contributed by atoms with Crippen molar-refractivity contribution in [2.75, 3.05) is 0 Å². The van der Waals surface area contributed by atoms with Gasteiger partial charge in [0.2, 0.25) is 0 Å². The van der Waals surface area contributed by atoms with Crippen LogP contribution in [0.3, 0.4) is 0 Å². The predicted octanol–water partition coefficient (Wildman–Crippen LogP) is -0.617. The third kappa shape index (κ3) is 2.99. The Balaban J connectivity index is 2.36. The minimum Gasteiger partial charge on any atom is -0.327 e. The summed E-state index contributed by atoms with van der Waals surface area (Å²) in [5.41, 5.74) is 5.39. The van der Waals surface area contributed by atoms with E-state index in [0.29, 0.717) is 5.16 Å². The summed E-state index contributed by atoms with van der Waals surface area (Å²) in [6, 6.07) is -0.173. The van der Waals surface area contributed by atoms with Gasteiger partial charge in [-0.05, 0) is 6.92 Å². The number of nitrogens with two attached hydrogens (primary N) is 1. The van der Waals surface area contributed by atoms with Crippen LogP contribution in [0.25, 0.3) is 0 Å². The molecule has 0 amide bonds. The molecule has 2 heterocycles. The van der Waals surface area contributed by atoms with Crippen molar-refractivity contribution in [2.45, 2.75) is 23.4 Å². The summed E-state index contributed by atoms with van der Waals surface area (Å²) in [5.74, 6) is 0. The van der Waals surface area contributed by atoms with E-state index in [1.807, 2.05) is 20.2 Å². The van der Waals surface area contributed by atoms with Crippen molar-refractivity contribution < 1.29 is 0 Å². The minimum absolute atomic E-state index is 0.118. The van der Waals surface area contributed by atoms with Crippen LogP contribution in [0.4, 0.5) is 0 Å². The van der Waals surface area contributed by atoms with E-state index in [1.54, 1.807) is 17.9 Å². The van der Waals surface area contributed by atoms with Gasteiger partial charge < -0.3 is 5.73 Å². The molecule has 8 nitrogen and oxygen atoms in total. The Bertz CT molecular complexity index is 716. The van der Waals surface area contributed by atoms with E-state index in [2.05, 4.69) is 15.2 Å². The third-order valence-electron chi connectivity index (χ3n) is 2.71. The number of aryl methyl sites for hydroxylation is 2. The number of thioether (sulfide) groups is 1. The Kier molecular flexibility index (Phi) is 4.09. The number of nitrogens with zero attached hydrogens (tertiary/aromatic N) is 4. The van der Waals surface area contributed by atoms with E-state index in [-0.39, 0.29) is 11.3 Å². The first-order chi connectivity index (χ1) is 9.38. The van der Waals surface area contributed by atoms with E-state index in [0.717, 1.165) is 5.56 Å². The van der Waals surface area contributed by atoms with Crippen molar-refractivity contribution in [1.29, 1.82) is 0 Å². The number of hydrogen-bond acceptors (Lipinski definition) is 6. The molecule has 0 aliphatic rings. The van der Waals surface area contributed by atoms with Crippen LogP contribution in [0.5, 0.6) is 0 Å². The molecule has 2 aromatic heterocycles. The lowest BCUT2D eigenvalue weighted by molar-refractivity contribution is 0.592. The fraction of sp³-hybridized carbons (Fsp3) is 0.455. The van der Waals surface area contributed by atoms with Gasteiger partial charge in [-0.25, -0.2) is 0 Å². The SMILES string of the molecule is CC(N)C(Sc1nc(=O)c(=O)[nH]n1C)c1cnn(C)c1. The number of nitrogens with one attached hydrogen (secondary N) is 1. The van der Waals surface area contributed by atoms with Gasteiger partial charge in [-0.3, -0.25) is 24.1 Å². The lowest BCUT2D eigenvalue weighted by Crippen LogP contribution is -2.34. The molecular weight excluding hydrogens is 280 g/mol. The van der Waals surface area contributed by atoms with Gasteiger partial charge in [0, 0.05) is 31.9 Å². The van der Waals surface area contributed by atoms with Crippen molar-refractivity contribution in [3.8, 4) is 0 Å². The van der Waals surface area contributed by atoms with Crippen LogP contribution in [0, 0.1) is 0 Å². The van der Waals surface area contributed by atoms with Crippen molar-refractivity contribution >= 4 is 11.8 Å². The maximum absolute atomic E-state index is 11.4. The van der Waals surface area contributed by atoms with Crippen LogP contribution in [-0.4, -0.2) is 30.6 Å². The Labute approximate surface area is 119 Å². The highest BCUT2D eigenvalue weighted by atomic mass is 32.2. The summed E-state index contributed by atoms with van der Waals surface area (Å²) in [6.45, 7) is 1.87. The topological polar surface area (TPSA) is 112 Å². The van der Waals surface area contributed by atoms with Gasteiger partial charge in [-0.2, -0.15) is 10.1 Å². The summed E-state index contributed by atoms with van der Waals surface area (Å²) < 4.78 is 3.10. The fourth-order valence-corrected chi connectivity index (χ4v) is 2.78. The molecule has 0 fully saturated rings. The first kappa shape index (κ1) is 14.5. The van der Waals surface area contributed by atoms with Gasteiger partial charge in [0.1, 0.15) is 0 Å². The van der Waals surface area contributed by atoms with Gasteiger partial charge in [0.25, 0.3) is 0 Å². The van der Waals surface area contributed by atoms with Crippen molar-refractivity contribution in [3.63, 3.8) is 0 Å². The van der Waals surface area contributed by atoms with Crippen LogP contribution < -0.4 is 16.9 Å². The molecule has 2 unspecified atom stereocenters. The second kappa shape index (κ2) is 5.63. The molecule has 0 saturated carbocycles. The second-order valence-electron chi connectivity index (χ2n) is 4.54. The molecule has 0 aromatic carbocycles. The zero-order valence-electron chi connectivity index (χ0n) is 11.4. The molecule has 20 heavy (non-hydrogen) atoms. The molecule has 3 N–H and O–H groups in total. The number of H-pyrrole nitrogens is 1. The van der Waals surface area contributed by atoms with E-state index in [4.69, 9.17) is 5.73 Å². The Morgan fingerprint density at radius 1 is 1.40 bits per heavy atom. The van der Waals surface area contributed by atoms with Gasteiger partial charge in [-0.1, -0.05) is 11.8 Å². The largest absolute Gasteiger partial charge is 0.339 e. The number of aromatic nitrogens is 5. The van der Waals surface area contributed by atoms with Crippen molar-refractivity contribution in [1.82, 2.24) is 24.5 Å². The standard InChI is InChI=1S/C11H16N6O2S/c1-6(12)8(7-4-13-16(2)5-7)20-11-14-9(18)10(19)15-17(11)3/h4-6,8H,12H2,1-3H3,(H,15,19). The summed E-state index contributed by atoms with van der Waals surface area (Å²) in [6.07, 6.45) is 3.59. The van der Waals surface area contributed by atoms with Gasteiger partial charge in [0.15, 0.2) is 5.16 Å². The molecular formula is C11H16N6O2S. The van der Waals surface area contributed by atoms with Crippen LogP contribution in [-0.2, 0) is 14.1 Å². The highest BCUT2D eigenvalue weighted by Gasteiger charge is 2.21. The fourth-order valence-electron chi connectivity index (χ4n) is 1.75. The molecule has 2 atom stereocenters. The molecule has 0 aliphatic carbocycles. The van der Waals surface area contributed by atoms with Crippen LogP contribution >= 0.6 is 11.8 Å². The zero-order chi connectivity index (χ0) is 14.9. The number of rotatable bonds is 4. The average Bonchev–Trinajstić information content (AvgIpc) is 2.78. The first-order valence-electron chi connectivity index (χ1n) is 5.96. The first-order valence-corrected chi connectivity index (χ1v) is 6.84. The predicted molar refractivity (Wildman–Crippen MR) is 75.6 cm³/mol. The van der Waals surface area contributed by atoms with E-state index in [9.17, 15) is 9.59 Å². The Hall–Kier alpha value is -1.87. The van der Waals surface area contributed by atoms with Crippen molar-refractivity contribution in [3.05, 3.63) is 38.7 Å². The van der Waals surface area contributed by atoms with E-state index in [1.165, 1.54) is 16.4 Å². The molecule has 0 radical (unpaired) electrons. The van der Waals surface area contributed by atoms with Crippen LogP contribution in [0.15, 0.2) is 27.1 Å². The monoisotopic (exact) mass is 296 g/mol. The van der Waals surface area contributed by atoms with Gasteiger partial charge >= 0.3 is 11.1 Å². The molecule has 2 aromatic rings. The van der Waals surface area contributed by atoms with Crippen LogP contribution in [0.1, 0.15) is 17.7 Å². The normalized spacial score (nSPS) is 14.2. The number of aromatic amines is 1. The molecule has 0 aliphatic heterocycles. The molecule has 0 bridgehead atoms. The second-order valence-corrected chi connectivity index (χ2v) is 5.65. The lowest BCUT2D eigenvalue weighted by atomic mass is 10.1. The molecule has 2 rings (SSSR count). The van der Waals surface area contributed by atoms with Crippen LogP contribution in [0.2, 0.25) is 0 Å². The average molecular weight is 296 g/mol. The molecule has 0 spiro atoms. The quantitative estimate of drug-likeness (QED) is 0.574. The molecule has 0 saturated heterocycles. The van der Waals surface area contributed by atoms with Gasteiger partial charge in [-0.15, -0.1) is 0 Å². The summed E-state index contributed by atoms with van der Waals surface area (Å²) in [7, 11) is 3.44. The summed E-state index contributed by atoms with van der Waals surface area (Å²) >= 11 is 1.32. The van der Waals surface area contributed by atoms with E-state index < -0.39 is 11.1 Å². The molecule has 9 heteroatoms. The van der Waals surface area contributed by atoms with E-state index >= 15 is 0 Å². The van der Waals surface area contributed by atoms with Crippen molar-refractivity contribution in [2.24, 2.45) is 19.8 Å². The Morgan fingerprint density at radius 3 is 2.65 bits per heavy atom. The highest BCUT2D eigenvalue weighted by molar-refractivity contribution is 7.99. The van der Waals surface area contributed by atoms with Gasteiger partial charge in [0.05, 0.1) is 11.4 Å². The zero-order valence-corrected chi connectivity index (χ0v) is 12.2. The summed E-state index contributed by atoms with van der Waals surface area (Å²) in [5, 5.41) is 6.81. The minimum atomic E-state index is -0.805. The highest BCUT2D eigenvalue weighted by Crippen LogP contribution is 2.34. The number of hydrogen-bond donors (Lipinski definition) is 2. The summed E-state index contributed by atoms with van der Waals surface area (Å²) in [4.78, 5) is 26.3. The lowest BCUT2D eigenvalue weighted by Gasteiger charge is -2.19. The maximum Gasteiger partial charge on any atom is 0.339 e. The maximum atomic E-state index is 11.4.